The van der Waals surface area contributed by atoms with Crippen molar-refractivity contribution in [2.45, 2.75) is 0 Å². The molecule has 0 aliphatic rings. The summed E-state index contributed by atoms with van der Waals surface area (Å²) in [5.41, 5.74) is 9.80. The van der Waals surface area contributed by atoms with Crippen molar-refractivity contribution >= 4 is 65.2 Å². The van der Waals surface area contributed by atoms with Crippen LogP contribution in [0.1, 0.15) is 0 Å². The standard InChI is InChI=1S/C53H33N5/c1-3-14-36(15-4-1)51-54-52(37-16-5-2-6-17-37)56-53(55-51)39-24-23-35-26-27-41(33-40(35)31-39)57-47-22-12-10-20-45(47)49-48(57)30-29-44-43-19-9-11-21-46(43)58(50(44)49)42-28-25-34-13-7-8-18-38(34)32-42/h1-33H. The highest BCUT2D eigenvalue weighted by atomic mass is 15.0. The van der Waals surface area contributed by atoms with Gasteiger partial charge in [-0.15, -0.1) is 0 Å². The average molecular weight is 740 g/mol. The molecule has 58 heavy (non-hydrogen) atoms. The average Bonchev–Trinajstić information content (AvgIpc) is 3.82. The summed E-state index contributed by atoms with van der Waals surface area (Å²) in [6, 6.07) is 71.1. The Morgan fingerprint density at radius 3 is 1.52 bits per heavy atom. The van der Waals surface area contributed by atoms with Gasteiger partial charge in [-0.25, -0.2) is 15.0 Å². The smallest absolute Gasteiger partial charge is 0.164 e. The minimum Gasteiger partial charge on any atom is -0.309 e. The van der Waals surface area contributed by atoms with E-state index in [0.717, 1.165) is 49.9 Å². The van der Waals surface area contributed by atoms with Crippen LogP contribution in [0.2, 0.25) is 0 Å². The van der Waals surface area contributed by atoms with Crippen molar-refractivity contribution in [1.29, 1.82) is 0 Å². The summed E-state index contributed by atoms with van der Waals surface area (Å²) < 4.78 is 4.88. The Bertz CT molecular complexity index is 3510. The topological polar surface area (TPSA) is 48.5 Å². The number of para-hydroxylation sites is 2. The highest BCUT2D eigenvalue weighted by Gasteiger charge is 2.21. The highest BCUT2D eigenvalue weighted by Crippen LogP contribution is 2.42. The molecule has 0 saturated carbocycles. The van der Waals surface area contributed by atoms with Gasteiger partial charge < -0.3 is 9.13 Å². The van der Waals surface area contributed by atoms with Crippen molar-refractivity contribution in [3.05, 3.63) is 200 Å². The second-order valence-electron chi connectivity index (χ2n) is 14.9. The predicted octanol–water partition coefficient (Wildman–Crippen LogP) is 13.4. The lowest BCUT2D eigenvalue weighted by Gasteiger charge is -2.12. The fourth-order valence-corrected chi connectivity index (χ4v) is 8.82. The van der Waals surface area contributed by atoms with Crippen LogP contribution in [0.5, 0.6) is 0 Å². The first-order valence-electron chi connectivity index (χ1n) is 19.6. The first-order valence-corrected chi connectivity index (χ1v) is 19.6. The van der Waals surface area contributed by atoms with Gasteiger partial charge in [0.15, 0.2) is 17.5 Å². The van der Waals surface area contributed by atoms with Crippen LogP contribution in [0.15, 0.2) is 200 Å². The normalized spacial score (nSPS) is 11.8. The van der Waals surface area contributed by atoms with E-state index in [1.54, 1.807) is 0 Å². The van der Waals surface area contributed by atoms with Gasteiger partial charge in [-0.2, -0.15) is 0 Å². The van der Waals surface area contributed by atoms with E-state index in [2.05, 4.69) is 149 Å². The van der Waals surface area contributed by atoms with E-state index in [9.17, 15) is 0 Å². The van der Waals surface area contributed by atoms with Crippen LogP contribution in [-0.4, -0.2) is 24.1 Å². The molecule has 12 aromatic rings. The summed E-state index contributed by atoms with van der Waals surface area (Å²) in [6.07, 6.45) is 0. The molecule has 12 rings (SSSR count). The second kappa shape index (κ2) is 12.8. The Balaban J connectivity index is 1.07. The maximum absolute atomic E-state index is 5.03. The lowest BCUT2D eigenvalue weighted by atomic mass is 10.1. The molecule has 5 heteroatoms. The van der Waals surface area contributed by atoms with Crippen molar-refractivity contribution in [3.63, 3.8) is 0 Å². The molecule has 0 fully saturated rings. The predicted molar refractivity (Wildman–Crippen MR) is 240 cm³/mol. The molecule has 9 aromatic carbocycles. The summed E-state index contributed by atoms with van der Waals surface area (Å²) in [6.45, 7) is 0. The van der Waals surface area contributed by atoms with Gasteiger partial charge in [-0.3, -0.25) is 0 Å². The monoisotopic (exact) mass is 739 g/mol. The second-order valence-corrected chi connectivity index (χ2v) is 14.9. The SMILES string of the molecule is c1ccc(-c2nc(-c3ccccc3)nc(-c3ccc4ccc(-n5c6ccccc6c6c5ccc5c7ccccc7n(-c7ccc8ccccc8c7)c56)cc4c3)n2)cc1. The fraction of sp³-hybridized carbons (Fsp3) is 0. The Labute approximate surface area is 333 Å². The van der Waals surface area contributed by atoms with Gasteiger partial charge in [0.05, 0.1) is 22.1 Å². The van der Waals surface area contributed by atoms with Crippen molar-refractivity contribution in [3.8, 4) is 45.5 Å². The van der Waals surface area contributed by atoms with Crippen molar-refractivity contribution in [1.82, 2.24) is 24.1 Å². The van der Waals surface area contributed by atoms with Crippen LogP contribution in [0.4, 0.5) is 0 Å². The van der Waals surface area contributed by atoms with E-state index in [-0.39, 0.29) is 0 Å². The Morgan fingerprint density at radius 1 is 0.293 bits per heavy atom. The fourth-order valence-electron chi connectivity index (χ4n) is 8.82. The van der Waals surface area contributed by atoms with E-state index in [1.165, 1.54) is 43.4 Å². The van der Waals surface area contributed by atoms with Crippen LogP contribution in [0, 0.1) is 0 Å². The van der Waals surface area contributed by atoms with E-state index >= 15 is 0 Å². The van der Waals surface area contributed by atoms with E-state index < -0.39 is 0 Å². The molecule has 0 saturated heterocycles. The Morgan fingerprint density at radius 2 is 0.810 bits per heavy atom. The minimum atomic E-state index is 0.640. The molecular weight excluding hydrogens is 707 g/mol. The van der Waals surface area contributed by atoms with Gasteiger partial charge in [-0.05, 0) is 70.1 Å². The highest BCUT2D eigenvalue weighted by molar-refractivity contribution is 6.26. The molecule has 0 aliphatic carbocycles. The van der Waals surface area contributed by atoms with Crippen molar-refractivity contribution in [2.75, 3.05) is 0 Å². The number of fused-ring (bicyclic) bond motifs is 9. The van der Waals surface area contributed by atoms with Gasteiger partial charge in [0.2, 0.25) is 0 Å². The number of hydrogen-bond acceptors (Lipinski definition) is 3. The molecule has 5 nitrogen and oxygen atoms in total. The lowest BCUT2D eigenvalue weighted by Crippen LogP contribution is -2.00. The van der Waals surface area contributed by atoms with Crippen molar-refractivity contribution in [2.24, 2.45) is 0 Å². The number of rotatable bonds is 5. The van der Waals surface area contributed by atoms with Gasteiger partial charge in [0.25, 0.3) is 0 Å². The summed E-state index contributed by atoms with van der Waals surface area (Å²) in [7, 11) is 0. The van der Waals surface area contributed by atoms with E-state index in [0.29, 0.717) is 17.5 Å². The third kappa shape index (κ3) is 5.07. The Hall–Kier alpha value is -7.89. The first-order chi connectivity index (χ1) is 28.7. The third-order valence-electron chi connectivity index (χ3n) is 11.5. The molecule has 0 atom stereocenters. The molecular formula is C53H33N5. The molecule has 0 radical (unpaired) electrons. The van der Waals surface area contributed by atoms with Gasteiger partial charge in [0, 0.05) is 49.6 Å². The van der Waals surface area contributed by atoms with Crippen LogP contribution in [-0.2, 0) is 0 Å². The first kappa shape index (κ1) is 32.4. The van der Waals surface area contributed by atoms with Crippen molar-refractivity contribution < 1.29 is 0 Å². The van der Waals surface area contributed by atoms with Crippen LogP contribution in [0.3, 0.4) is 0 Å². The Kier molecular flexibility index (Phi) is 7.16. The molecule has 3 heterocycles. The summed E-state index contributed by atoms with van der Waals surface area (Å²) in [5.74, 6) is 1.94. The van der Waals surface area contributed by atoms with Gasteiger partial charge >= 0.3 is 0 Å². The summed E-state index contributed by atoms with van der Waals surface area (Å²) in [4.78, 5) is 15.0. The zero-order valence-electron chi connectivity index (χ0n) is 31.3. The molecule has 3 aromatic heterocycles. The van der Waals surface area contributed by atoms with Crippen LogP contribution in [0.25, 0.3) is 111 Å². The zero-order valence-corrected chi connectivity index (χ0v) is 31.3. The molecule has 0 unspecified atom stereocenters. The summed E-state index contributed by atoms with van der Waals surface area (Å²) in [5, 5.41) is 9.64. The minimum absolute atomic E-state index is 0.640. The number of aromatic nitrogens is 5. The molecule has 0 spiro atoms. The number of nitrogens with zero attached hydrogens (tertiary/aromatic N) is 5. The van der Waals surface area contributed by atoms with E-state index in [4.69, 9.17) is 15.0 Å². The van der Waals surface area contributed by atoms with Gasteiger partial charge in [-0.1, -0.05) is 152 Å². The molecule has 0 amide bonds. The molecule has 270 valence electrons. The maximum atomic E-state index is 5.03. The molecule has 0 bridgehead atoms. The third-order valence-corrected chi connectivity index (χ3v) is 11.5. The quantitative estimate of drug-likeness (QED) is 0.177. The molecule has 0 N–H and O–H groups in total. The zero-order chi connectivity index (χ0) is 38.2. The van der Waals surface area contributed by atoms with Crippen LogP contribution >= 0.6 is 0 Å². The number of benzene rings is 9. The summed E-state index contributed by atoms with van der Waals surface area (Å²) >= 11 is 0. The lowest BCUT2D eigenvalue weighted by molar-refractivity contribution is 1.07. The number of hydrogen-bond donors (Lipinski definition) is 0. The maximum Gasteiger partial charge on any atom is 0.164 e. The largest absolute Gasteiger partial charge is 0.309 e. The van der Waals surface area contributed by atoms with Gasteiger partial charge in [0.1, 0.15) is 0 Å². The molecule has 0 aliphatic heterocycles. The van der Waals surface area contributed by atoms with E-state index in [1.807, 2.05) is 60.7 Å². The van der Waals surface area contributed by atoms with Crippen LogP contribution < -0.4 is 0 Å².